The second kappa shape index (κ2) is 8.75. The molecular formula is C17H18ClN3O4S3. The van der Waals surface area contributed by atoms with Gasteiger partial charge in [-0.1, -0.05) is 22.9 Å². The molecule has 0 radical (unpaired) electrons. The van der Waals surface area contributed by atoms with Gasteiger partial charge in [-0.05, 0) is 37.3 Å². The fourth-order valence-corrected chi connectivity index (χ4v) is 6.28. The van der Waals surface area contributed by atoms with Crippen LogP contribution < -0.4 is 10.1 Å². The Bertz CT molecular complexity index is 1180. The fraction of sp³-hybridized carbons (Fsp3) is 0.294. The van der Waals surface area contributed by atoms with Gasteiger partial charge in [0.15, 0.2) is 0 Å². The van der Waals surface area contributed by atoms with Crippen molar-refractivity contribution in [3.63, 3.8) is 0 Å². The second-order valence-electron chi connectivity index (χ2n) is 5.72. The van der Waals surface area contributed by atoms with Gasteiger partial charge in [-0.2, -0.15) is 8.42 Å². The van der Waals surface area contributed by atoms with Gasteiger partial charge in [0.2, 0.25) is 10.7 Å². The monoisotopic (exact) mass is 459 g/mol. The zero-order valence-corrected chi connectivity index (χ0v) is 18.3. The third-order valence-corrected chi connectivity index (χ3v) is 7.79. The highest BCUT2D eigenvalue weighted by molar-refractivity contribution is 7.92. The summed E-state index contributed by atoms with van der Waals surface area (Å²) in [6.45, 7) is 4.77. The highest BCUT2D eigenvalue weighted by atomic mass is 35.5. The van der Waals surface area contributed by atoms with Gasteiger partial charge in [-0.3, -0.25) is 4.79 Å². The summed E-state index contributed by atoms with van der Waals surface area (Å²) in [6, 6.07) is 8.37. The highest BCUT2D eigenvalue weighted by Crippen LogP contribution is 2.27. The van der Waals surface area contributed by atoms with Crippen LogP contribution >= 0.6 is 34.3 Å². The van der Waals surface area contributed by atoms with E-state index in [2.05, 4.69) is 9.71 Å². The summed E-state index contributed by atoms with van der Waals surface area (Å²) in [4.78, 5) is 11.6. The van der Waals surface area contributed by atoms with Crippen LogP contribution in [-0.2, 0) is 26.1 Å². The number of rotatable bonds is 7. The molecule has 0 bridgehead atoms. The summed E-state index contributed by atoms with van der Waals surface area (Å²) in [5.74, 6) is -0.179. The lowest BCUT2D eigenvalue weighted by Crippen LogP contribution is -2.19. The number of thiazole rings is 1. The molecule has 0 fully saturated rings. The predicted octanol–water partition coefficient (Wildman–Crippen LogP) is 3.70. The minimum absolute atomic E-state index is 0.0882. The Kier molecular flexibility index (Phi) is 6.56. The number of amides is 1. The third kappa shape index (κ3) is 4.81. The number of nitrogens with zero attached hydrogens (tertiary/aromatic N) is 2. The van der Waals surface area contributed by atoms with Crippen LogP contribution in [0.4, 0.5) is 5.69 Å². The van der Waals surface area contributed by atoms with Crippen LogP contribution in [0.15, 0.2) is 38.9 Å². The van der Waals surface area contributed by atoms with Crippen LogP contribution in [0, 0.1) is 0 Å². The van der Waals surface area contributed by atoms with Crippen molar-refractivity contribution in [1.29, 1.82) is 0 Å². The van der Waals surface area contributed by atoms with Crippen LogP contribution in [0.5, 0.6) is 0 Å². The lowest BCUT2D eigenvalue weighted by molar-refractivity contribution is -0.114. The molecule has 0 aliphatic heterocycles. The SMILES string of the molecule is CCOCCn1c(=NS(=O)(=O)c2ccc(Cl)s2)sc2cc(NC(C)=O)ccc21. The smallest absolute Gasteiger partial charge is 0.294 e. The summed E-state index contributed by atoms with van der Waals surface area (Å²) in [7, 11) is -3.88. The standard InChI is InChI=1S/C17H18ClN3O4S3/c1-3-25-9-8-21-13-5-4-12(19-11(2)22)10-14(13)26-17(21)20-28(23,24)16-7-6-15(18)27-16/h4-7,10H,3,8-9H2,1-2H3,(H,19,22). The lowest BCUT2D eigenvalue weighted by atomic mass is 10.3. The predicted molar refractivity (Wildman–Crippen MR) is 113 cm³/mol. The van der Waals surface area contributed by atoms with E-state index < -0.39 is 10.0 Å². The van der Waals surface area contributed by atoms with E-state index in [1.807, 2.05) is 13.0 Å². The van der Waals surface area contributed by atoms with Gasteiger partial charge in [0, 0.05) is 25.8 Å². The van der Waals surface area contributed by atoms with E-state index in [0.717, 1.165) is 21.6 Å². The summed E-state index contributed by atoms with van der Waals surface area (Å²) in [5, 5.41) is 2.73. The molecule has 0 unspecified atom stereocenters. The Morgan fingerprint density at radius 3 is 2.71 bits per heavy atom. The number of hydrogen-bond donors (Lipinski definition) is 1. The molecule has 1 aromatic carbocycles. The number of anilines is 1. The zero-order valence-electron chi connectivity index (χ0n) is 15.1. The average molecular weight is 460 g/mol. The number of carbonyl (C=O) groups is 1. The van der Waals surface area contributed by atoms with Crippen molar-refractivity contribution < 1.29 is 17.9 Å². The van der Waals surface area contributed by atoms with E-state index in [1.54, 1.807) is 16.7 Å². The molecule has 11 heteroatoms. The van der Waals surface area contributed by atoms with Gasteiger partial charge in [0.25, 0.3) is 10.0 Å². The number of thiophene rings is 1. The van der Waals surface area contributed by atoms with Crippen LogP contribution in [0.1, 0.15) is 13.8 Å². The number of hydrogen-bond acceptors (Lipinski definition) is 6. The van der Waals surface area contributed by atoms with Gasteiger partial charge in [-0.15, -0.1) is 15.7 Å². The van der Waals surface area contributed by atoms with Crippen molar-refractivity contribution in [2.45, 2.75) is 24.6 Å². The normalized spacial score (nSPS) is 12.6. The Morgan fingerprint density at radius 2 is 2.07 bits per heavy atom. The van der Waals surface area contributed by atoms with Crippen molar-refractivity contribution >= 4 is 66.1 Å². The average Bonchev–Trinajstić information content (AvgIpc) is 3.18. The molecule has 0 saturated carbocycles. The molecule has 0 spiro atoms. The number of ether oxygens (including phenoxy) is 1. The van der Waals surface area contributed by atoms with Crippen LogP contribution in [0.2, 0.25) is 4.34 Å². The first-order chi connectivity index (χ1) is 13.3. The van der Waals surface area contributed by atoms with Gasteiger partial charge in [0.05, 0.1) is 21.2 Å². The Morgan fingerprint density at radius 1 is 1.29 bits per heavy atom. The quantitative estimate of drug-likeness (QED) is 0.545. The van der Waals surface area contributed by atoms with E-state index >= 15 is 0 Å². The van der Waals surface area contributed by atoms with Gasteiger partial charge in [0.1, 0.15) is 4.21 Å². The number of halogens is 1. The molecule has 0 atom stereocenters. The molecule has 150 valence electrons. The van der Waals surface area contributed by atoms with Crippen molar-refractivity contribution in [2.75, 3.05) is 18.5 Å². The molecule has 1 N–H and O–H groups in total. The van der Waals surface area contributed by atoms with Gasteiger partial charge in [-0.25, -0.2) is 0 Å². The summed E-state index contributed by atoms with van der Waals surface area (Å²) in [6.07, 6.45) is 0. The minimum Gasteiger partial charge on any atom is -0.380 e. The number of benzene rings is 1. The molecule has 3 rings (SSSR count). The maximum atomic E-state index is 12.7. The molecule has 0 saturated heterocycles. The van der Waals surface area contributed by atoms with Crippen LogP contribution in [0.25, 0.3) is 10.2 Å². The molecule has 0 aliphatic rings. The van der Waals surface area contributed by atoms with Crippen molar-refractivity contribution in [3.05, 3.63) is 39.5 Å². The fourth-order valence-electron chi connectivity index (χ4n) is 2.52. The number of fused-ring (bicyclic) bond motifs is 1. The van der Waals surface area contributed by atoms with E-state index in [4.69, 9.17) is 16.3 Å². The lowest BCUT2D eigenvalue weighted by Gasteiger charge is -2.06. The van der Waals surface area contributed by atoms with Crippen LogP contribution in [-0.4, -0.2) is 32.1 Å². The largest absolute Gasteiger partial charge is 0.380 e. The number of nitrogens with one attached hydrogen (secondary N) is 1. The first kappa shape index (κ1) is 21.0. The second-order valence-corrected chi connectivity index (χ2v) is 10.3. The molecule has 2 aromatic heterocycles. The summed E-state index contributed by atoms with van der Waals surface area (Å²) >= 11 is 8.06. The first-order valence-electron chi connectivity index (χ1n) is 8.35. The first-order valence-corrected chi connectivity index (χ1v) is 11.8. The molecule has 7 nitrogen and oxygen atoms in total. The Hall–Kier alpha value is -1.72. The summed E-state index contributed by atoms with van der Waals surface area (Å²) in [5.41, 5.74) is 1.45. The number of sulfonamides is 1. The van der Waals surface area contributed by atoms with E-state index in [9.17, 15) is 13.2 Å². The van der Waals surface area contributed by atoms with E-state index in [1.165, 1.54) is 30.4 Å². The Labute approximate surface area is 175 Å². The van der Waals surface area contributed by atoms with Gasteiger partial charge < -0.3 is 14.6 Å². The molecule has 28 heavy (non-hydrogen) atoms. The van der Waals surface area contributed by atoms with E-state index in [0.29, 0.717) is 34.6 Å². The molecular weight excluding hydrogens is 442 g/mol. The number of carbonyl (C=O) groups excluding carboxylic acids is 1. The zero-order chi connectivity index (χ0) is 20.3. The minimum atomic E-state index is -3.88. The van der Waals surface area contributed by atoms with E-state index in [-0.39, 0.29) is 10.1 Å². The number of aromatic nitrogens is 1. The topological polar surface area (TPSA) is 89.8 Å². The molecule has 1 amide bonds. The highest BCUT2D eigenvalue weighted by Gasteiger charge is 2.17. The molecule has 2 heterocycles. The molecule has 0 aliphatic carbocycles. The van der Waals surface area contributed by atoms with Gasteiger partial charge >= 0.3 is 0 Å². The summed E-state index contributed by atoms with van der Waals surface area (Å²) < 4.78 is 37.9. The molecule has 3 aromatic rings. The van der Waals surface area contributed by atoms with Crippen molar-refractivity contribution in [3.8, 4) is 0 Å². The maximum Gasteiger partial charge on any atom is 0.294 e. The van der Waals surface area contributed by atoms with Crippen molar-refractivity contribution in [1.82, 2.24) is 4.57 Å². The Balaban J connectivity index is 2.13. The van der Waals surface area contributed by atoms with Crippen LogP contribution in [0.3, 0.4) is 0 Å². The third-order valence-electron chi connectivity index (χ3n) is 3.67. The van der Waals surface area contributed by atoms with Crippen molar-refractivity contribution in [2.24, 2.45) is 4.40 Å². The maximum absolute atomic E-state index is 12.7.